The van der Waals surface area contributed by atoms with Crippen molar-refractivity contribution in [1.29, 1.82) is 0 Å². The SMILES string of the molecule is NCc1cc(C(=O)Nc2cc(Cl)ccc2NC2CC2)co1. The van der Waals surface area contributed by atoms with Crippen molar-refractivity contribution in [2.45, 2.75) is 25.4 Å². The summed E-state index contributed by atoms with van der Waals surface area (Å²) in [7, 11) is 0. The van der Waals surface area contributed by atoms with Crippen molar-refractivity contribution in [2.75, 3.05) is 10.6 Å². The Labute approximate surface area is 127 Å². The summed E-state index contributed by atoms with van der Waals surface area (Å²) in [6, 6.07) is 7.52. The second-order valence-corrected chi connectivity index (χ2v) is 5.50. The topological polar surface area (TPSA) is 80.3 Å². The highest BCUT2D eigenvalue weighted by Crippen LogP contribution is 2.31. The highest BCUT2D eigenvalue weighted by molar-refractivity contribution is 6.31. The molecule has 1 aromatic carbocycles. The first-order valence-electron chi connectivity index (χ1n) is 6.80. The molecule has 1 aromatic heterocycles. The Bertz CT molecular complexity index is 665. The first-order valence-corrected chi connectivity index (χ1v) is 7.18. The number of halogens is 1. The first kappa shape index (κ1) is 14.0. The number of hydrogen-bond donors (Lipinski definition) is 3. The van der Waals surface area contributed by atoms with Crippen molar-refractivity contribution in [3.05, 3.63) is 46.9 Å². The highest BCUT2D eigenvalue weighted by Gasteiger charge is 2.22. The molecule has 0 aliphatic heterocycles. The Balaban J connectivity index is 1.79. The predicted octanol–water partition coefficient (Wildman–Crippen LogP) is 3.22. The van der Waals surface area contributed by atoms with E-state index in [0.29, 0.717) is 28.1 Å². The van der Waals surface area contributed by atoms with E-state index < -0.39 is 0 Å². The summed E-state index contributed by atoms with van der Waals surface area (Å²) in [5, 5.41) is 6.79. The van der Waals surface area contributed by atoms with E-state index in [-0.39, 0.29) is 12.5 Å². The minimum absolute atomic E-state index is 0.250. The molecule has 1 amide bonds. The molecule has 4 N–H and O–H groups in total. The van der Waals surface area contributed by atoms with Gasteiger partial charge in [0.05, 0.1) is 23.5 Å². The standard InChI is InChI=1S/C15H16ClN3O2/c16-10-1-4-13(18-11-2-3-11)14(6-10)19-15(20)9-5-12(7-17)21-8-9/h1,4-6,8,11,18H,2-3,7,17H2,(H,19,20). The van der Waals surface area contributed by atoms with Crippen LogP contribution in [-0.4, -0.2) is 11.9 Å². The molecule has 0 saturated heterocycles. The number of rotatable bonds is 5. The van der Waals surface area contributed by atoms with E-state index in [1.165, 1.54) is 6.26 Å². The van der Waals surface area contributed by atoms with Crippen molar-refractivity contribution < 1.29 is 9.21 Å². The van der Waals surface area contributed by atoms with Gasteiger partial charge in [0.25, 0.3) is 5.91 Å². The van der Waals surface area contributed by atoms with E-state index in [1.54, 1.807) is 18.2 Å². The Kier molecular flexibility index (Phi) is 3.86. The average molecular weight is 306 g/mol. The van der Waals surface area contributed by atoms with E-state index in [2.05, 4.69) is 10.6 Å². The minimum Gasteiger partial charge on any atom is -0.467 e. The van der Waals surface area contributed by atoms with Gasteiger partial charge < -0.3 is 20.8 Å². The molecule has 1 saturated carbocycles. The molecule has 21 heavy (non-hydrogen) atoms. The summed E-state index contributed by atoms with van der Waals surface area (Å²) in [4.78, 5) is 12.2. The van der Waals surface area contributed by atoms with Gasteiger partial charge in [-0.15, -0.1) is 0 Å². The molecule has 5 nitrogen and oxygen atoms in total. The lowest BCUT2D eigenvalue weighted by atomic mass is 10.2. The number of carbonyl (C=O) groups excluding carboxylic acids is 1. The summed E-state index contributed by atoms with van der Waals surface area (Å²) in [6.07, 6.45) is 3.70. The molecular weight excluding hydrogens is 290 g/mol. The van der Waals surface area contributed by atoms with Crippen molar-refractivity contribution in [2.24, 2.45) is 5.73 Å². The van der Waals surface area contributed by atoms with Gasteiger partial charge >= 0.3 is 0 Å². The van der Waals surface area contributed by atoms with Crippen LogP contribution in [0.15, 0.2) is 34.9 Å². The zero-order chi connectivity index (χ0) is 14.8. The molecule has 2 aromatic rings. The molecule has 1 heterocycles. The predicted molar refractivity (Wildman–Crippen MR) is 82.6 cm³/mol. The summed E-state index contributed by atoms with van der Waals surface area (Å²) in [6.45, 7) is 0.263. The number of nitrogens with one attached hydrogen (secondary N) is 2. The zero-order valence-electron chi connectivity index (χ0n) is 11.4. The van der Waals surface area contributed by atoms with E-state index in [0.717, 1.165) is 18.5 Å². The normalized spacial score (nSPS) is 14.0. The highest BCUT2D eigenvalue weighted by atomic mass is 35.5. The van der Waals surface area contributed by atoms with Gasteiger partial charge in [0.1, 0.15) is 12.0 Å². The minimum atomic E-state index is -0.250. The maximum atomic E-state index is 12.2. The van der Waals surface area contributed by atoms with Crippen LogP contribution in [0.25, 0.3) is 0 Å². The number of benzene rings is 1. The van der Waals surface area contributed by atoms with Gasteiger partial charge in [0.2, 0.25) is 0 Å². The molecule has 1 aliphatic carbocycles. The Hall–Kier alpha value is -1.98. The fourth-order valence-electron chi connectivity index (χ4n) is 1.99. The lowest BCUT2D eigenvalue weighted by Crippen LogP contribution is -2.13. The Morgan fingerprint density at radius 3 is 2.81 bits per heavy atom. The molecule has 0 atom stereocenters. The Morgan fingerprint density at radius 2 is 2.14 bits per heavy atom. The van der Waals surface area contributed by atoms with Crippen LogP contribution in [0.2, 0.25) is 5.02 Å². The van der Waals surface area contributed by atoms with Gasteiger partial charge in [-0.25, -0.2) is 0 Å². The molecule has 0 spiro atoms. The monoisotopic (exact) mass is 305 g/mol. The number of anilines is 2. The summed E-state index contributed by atoms with van der Waals surface area (Å²) < 4.78 is 5.17. The molecule has 0 radical (unpaired) electrons. The third-order valence-electron chi connectivity index (χ3n) is 3.28. The maximum Gasteiger partial charge on any atom is 0.258 e. The smallest absolute Gasteiger partial charge is 0.258 e. The summed E-state index contributed by atoms with van der Waals surface area (Å²) >= 11 is 6.01. The van der Waals surface area contributed by atoms with E-state index in [4.69, 9.17) is 21.8 Å². The third kappa shape index (κ3) is 3.37. The van der Waals surface area contributed by atoms with Crippen LogP contribution < -0.4 is 16.4 Å². The van der Waals surface area contributed by atoms with Crippen LogP contribution in [0.3, 0.4) is 0 Å². The second-order valence-electron chi connectivity index (χ2n) is 5.07. The van der Waals surface area contributed by atoms with Crippen LogP contribution in [0, 0.1) is 0 Å². The molecular formula is C15H16ClN3O2. The maximum absolute atomic E-state index is 12.2. The van der Waals surface area contributed by atoms with Gasteiger partial charge in [-0.1, -0.05) is 11.6 Å². The number of nitrogens with two attached hydrogens (primary N) is 1. The lowest BCUT2D eigenvalue weighted by molar-refractivity contribution is 0.102. The number of hydrogen-bond acceptors (Lipinski definition) is 4. The van der Waals surface area contributed by atoms with E-state index in [1.807, 2.05) is 6.07 Å². The van der Waals surface area contributed by atoms with Crippen LogP contribution in [-0.2, 0) is 6.54 Å². The fraction of sp³-hybridized carbons (Fsp3) is 0.267. The molecule has 0 bridgehead atoms. The van der Waals surface area contributed by atoms with Crippen molar-refractivity contribution >= 4 is 28.9 Å². The van der Waals surface area contributed by atoms with Crippen molar-refractivity contribution in [3.63, 3.8) is 0 Å². The van der Waals surface area contributed by atoms with Crippen molar-refractivity contribution in [3.8, 4) is 0 Å². The number of furan rings is 1. The van der Waals surface area contributed by atoms with Crippen LogP contribution in [0.1, 0.15) is 29.0 Å². The quantitative estimate of drug-likeness (QED) is 0.792. The number of amides is 1. The lowest BCUT2D eigenvalue weighted by Gasteiger charge is -2.12. The van der Waals surface area contributed by atoms with Crippen molar-refractivity contribution in [1.82, 2.24) is 0 Å². The van der Waals surface area contributed by atoms with Gasteiger partial charge in [0.15, 0.2) is 0 Å². The fourth-order valence-corrected chi connectivity index (χ4v) is 2.17. The second kappa shape index (κ2) is 5.79. The summed E-state index contributed by atoms with van der Waals surface area (Å²) in [5.41, 5.74) is 7.44. The van der Waals surface area contributed by atoms with E-state index >= 15 is 0 Å². The Morgan fingerprint density at radius 1 is 1.33 bits per heavy atom. The van der Waals surface area contributed by atoms with Crippen LogP contribution in [0.5, 0.6) is 0 Å². The van der Waals surface area contributed by atoms with E-state index in [9.17, 15) is 4.79 Å². The first-order chi connectivity index (χ1) is 10.2. The van der Waals surface area contributed by atoms with Crippen LogP contribution in [0.4, 0.5) is 11.4 Å². The molecule has 0 unspecified atom stereocenters. The molecule has 1 fully saturated rings. The largest absolute Gasteiger partial charge is 0.467 e. The third-order valence-corrected chi connectivity index (χ3v) is 3.52. The van der Waals surface area contributed by atoms with Gasteiger partial charge in [-0.05, 0) is 37.1 Å². The van der Waals surface area contributed by atoms with Gasteiger partial charge in [0, 0.05) is 11.1 Å². The summed E-state index contributed by atoms with van der Waals surface area (Å²) in [5.74, 6) is 0.321. The van der Waals surface area contributed by atoms with Gasteiger partial charge in [-0.3, -0.25) is 4.79 Å². The molecule has 3 rings (SSSR count). The number of carbonyl (C=O) groups is 1. The molecule has 1 aliphatic rings. The average Bonchev–Trinajstić information content (AvgIpc) is 3.15. The van der Waals surface area contributed by atoms with Crippen LogP contribution >= 0.6 is 11.6 Å². The molecule has 110 valence electrons. The molecule has 6 heteroatoms. The van der Waals surface area contributed by atoms with Gasteiger partial charge in [-0.2, -0.15) is 0 Å². The zero-order valence-corrected chi connectivity index (χ0v) is 12.1.